The molecule has 122 valence electrons. The SMILES string of the molecule is FC(F)(F)SCCN1CC2(CCCCC2)NCC1C1CC1. The Labute approximate surface area is 129 Å². The highest BCUT2D eigenvalue weighted by Gasteiger charge is 2.44. The van der Waals surface area contributed by atoms with Crippen molar-refractivity contribution in [3.05, 3.63) is 0 Å². The molecule has 1 spiro atoms. The summed E-state index contributed by atoms with van der Waals surface area (Å²) in [6.45, 7) is 2.50. The Morgan fingerprint density at radius 3 is 2.48 bits per heavy atom. The minimum absolute atomic E-state index is 0.134. The van der Waals surface area contributed by atoms with E-state index in [1.54, 1.807) is 0 Å². The lowest BCUT2D eigenvalue weighted by Crippen LogP contribution is -2.65. The quantitative estimate of drug-likeness (QED) is 0.851. The van der Waals surface area contributed by atoms with Crippen LogP contribution in [0.5, 0.6) is 0 Å². The van der Waals surface area contributed by atoms with Crippen molar-refractivity contribution in [2.45, 2.75) is 62.0 Å². The van der Waals surface area contributed by atoms with Crippen LogP contribution in [0.15, 0.2) is 0 Å². The maximum atomic E-state index is 12.4. The van der Waals surface area contributed by atoms with Gasteiger partial charge in [0, 0.05) is 37.0 Å². The second-order valence-electron chi connectivity index (χ2n) is 6.89. The lowest BCUT2D eigenvalue weighted by molar-refractivity contribution is -0.0330. The lowest BCUT2D eigenvalue weighted by atomic mass is 9.79. The Balaban J connectivity index is 1.58. The van der Waals surface area contributed by atoms with Gasteiger partial charge in [0.1, 0.15) is 0 Å². The number of piperazine rings is 1. The molecule has 0 amide bonds. The first kappa shape index (κ1) is 15.9. The summed E-state index contributed by atoms with van der Waals surface area (Å²) in [5, 5.41) is 3.77. The minimum Gasteiger partial charge on any atom is -0.308 e. The second-order valence-corrected chi connectivity index (χ2v) is 8.05. The molecule has 3 fully saturated rings. The molecule has 0 radical (unpaired) electrons. The fourth-order valence-corrected chi connectivity index (χ4v) is 4.60. The molecule has 1 N–H and O–H groups in total. The van der Waals surface area contributed by atoms with Crippen LogP contribution < -0.4 is 5.32 Å². The molecule has 2 nitrogen and oxygen atoms in total. The molecule has 0 bridgehead atoms. The van der Waals surface area contributed by atoms with Crippen LogP contribution in [0.1, 0.15) is 44.9 Å². The Bertz CT molecular complexity index is 351. The van der Waals surface area contributed by atoms with E-state index in [1.165, 1.54) is 44.9 Å². The van der Waals surface area contributed by atoms with Gasteiger partial charge in [-0.2, -0.15) is 13.2 Å². The molecule has 6 heteroatoms. The predicted octanol–water partition coefficient (Wildman–Crippen LogP) is 3.63. The lowest BCUT2D eigenvalue weighted by Gasteiger charge is -2.50. The zero-order chi connectivity index (χ0) is 14.9. The molecule has 0 aromatic heterocycles. The largest absolute Gasteiger partial charge is 0.441 e. The molecule has 1 aliphatic heterocycles. The van der Waals surface area contributed by atoms with Gasteiger partial charge in [-0.05, 0) is 43.4 Å². The number of thioether (sulfide) groups is 1. The maximum Gasteiger partial charge on any atom is 0.441 e. The summed E-state index contributed by atoms with van der Waals surface area (Å²) in [7, 11) is 0. The van der Waals surface area contributed by atoms with Crippen LogP contribution in [0.4, 0.5) is 13.2 Å². The minimum atomic E-state index is -4.09. The van der Waals surface area contributed by atoms with Gasteiger partial charge in [-0.1, -0.05) is 19.3 Å². The summed E-state index contributed by atoms with van der Waals surface area (Å²) in [6.07, 6.45) is 8.70. The van der Waals surface area contributed by atoms with Crippen LogP contribution in [0, 0.1) is 5.92 Å². The van der Waals surface area contributed by atoms with Crippen LogP contribution in [0.2, 0.25) is 0 Å². The maximum absolute atomic E-state index is 12.4. The summed E-state index contributed by atoms with van der Waals surface area (Å²) in [5.41, 5.74) is -3.90. The summed E-state index contributed by atoms with van der Waals surface area (Å²) in [5.74, 6) is 0.886. The number of nitrogens with zero attached hydrogens (tertiary/aromatic N) is 1. The third-order valence-electron chi connectivity index (χ3n) is 5.28. The number of hydrogen-bond donors (Lipinski definition) is 1. The normalized spacial score (nSPS) is 30.7. The van der Waals surface area contributed by atoms with E-state index >= 15 is 0 Å². The number of nitrogens with one attached hydrogen (secondary N) is 1. The molecule has 21 heavy (non-hydrogen) atoms. The van der Waals surface area contributed by atoms with E-state index in [0.717, 1.165) is 13.1 Å². The van der Waals surface area contributed by atoms with E-state index in [9.17, 15) is 13.2 Å². The zero-order valence-electron chi connectivity index (χ0n) is 12.4. The molecular weight excluding hydrogens is 297 g/mol. The number of alkyl halides is 3. The Morgan fingerprint density at radius 2 is 1.86 bits per heavy atom. The third-order valence-corrected chi connectivity index (χ3v) is 6.00. The van der Waals surface area contributed by atoms with E-state index in [1.807, 2.05) is 0 Å². The molecule has 0 aromatic carbocycles. The van der Waals surface area contributed by atoms with Gasteiger partial charge in [-0.25, -0.2) is 0 Å². The van der Waals surface area contributed by atoms with Crippen molar-refractivity contribution in [1.29, 1.82) is 0 Å². The van der Waals surface area contributed by atoms with Gasteiger partial charge in [0.25, 0.3) is 0 Å². The van der Waals surface area contributed by atoms with Gasteiger partial charge >= 0.3 is 5.51 Å². The van der Waals surface area contributed by atoms with Crippen molar-refractivity contribution >= 4 is 11.8 Å². The standard InChI is InChI=1S/C15H25F3N2S/c16-15(17,18)21-9-8-20-11-14(6-2-1-3-7-14)19-10-13(20)12-4-5-12/h12-13,19H,1-11H2. The smallest absolute Gasteiger partial charge is 0.308 e. The monoisotopic (exact) mass is 322 g/mol. The summed E-state index contributed by atoms with van der Waals surface area (Å²) >= 11 is 0.134. The van der Waals surface area contributed by atoms with E-state index in [0.29, 0.717) is 18.5 Å². The van der Waals surface area contributed by atoms with Crippen molar-refractivity contribution in [3.8, 4) is 0 Å². The highest BCUT2D eigenvalue weighted by Crippen LogP contribution is 2.40. The molecule has 1 atom stereocenters. The van der Waals surface area contributed by atoms with Gasteiger partial charge in [0.2, 0.25) is 0 Å². The Morgan fingerprint density at radius 1 is 1.14 bits per heavy atom. The molecule has 1 saturated heterocycles. The van der Waals surface area contributed by atoms with Crippen LogP contribution >= 0.6 is 11.8 Å². The predicted molar refractivity (Wildman–Crippen MR) is 80.4 cm³/mol. The van der Waals surface area contributed by atoms with Crippen LogP contribution in [0.3, 0.4) is 0 Å². The zero-order valence-corrected chi connectivity index (χ0v) is 13.2. The van der Waals surface area contributed by atoms with E-state index in [-0.39, 0.29) is 23.1 Å². The molecular formula is C15H25F3N2S. The van der Waals surface area contributed by atoms with E-state index < -0.39 is 5.51 Å². The molecule has 1 heterocycles. The molecule has 3 aliphatic rings. The topological polar surface area (TPSA) is 15.3 Å². The van der Waals surface area contributed by atoms with Crippen LogP contribution in [0.25, 0.3) is 0 Å². The van der Waals surface area contributed by atoms with Crippen molar-refractivity contribution in [2.24, 2.45) is 5.92 Å². The average molecular weight is 322 g/mol. The van der Waals surface area contributed by atoms with E-state index in [2.05, 4.69) is 10.2 Å². The molecule has 2 aliphatic carbocycles. The fraction of sp³-hybridized carbons (Fsp3) is 1.00. The number of halogens is 3. The van der Waals surface area contributed by atoms with Crippen molar-refractivity contribution in [2.75, 3.05) is 25.4 Å². The highest BCUT2D eigenvalue weighted by molar-refractivity contribution is 8.00. The summed E-state index contributed by atoms with van der Waals surface area (Å²) in [4.78, 5) is 2.37. The first-order valence-corrected chi connectivity index (χ1v) is 9.16. The average Bonchev–Trinajstić information content (AvgIpc) is 3.23. The van der Waals surface area contributed by atoms with Gasteiger partial charge in [-0.3, -0.25) is 4.90 Å². The van der Waals surface area contributed by atoms with Crippen LogP contribution in [-0.2, 0) is 0 Å². The van der Waals surface area contributed by atoms with Gasteiger partial charge < -0.3 is 5.32 Å². The molecule has 1 unspecified atom stereocenters. The van der Waals surface area contributed by atoms with Crippen molar-refractivity contribution in [1.82, 2.24) is 10.2 Å². The first-order chi connectivity index (χ1) is 9.98. The fourth-order valence-electron chi connectivity index (χ4n) is 4.04. The number of rotatable bonds is 4. The van der Waals surface area contributed by atoms with Gasteiger partial charge in [-0.15, -0.1) is 0 Å². The highest BCUT2D eigenvalue weighted by atomic mass is 32.2. The summed E-state index contributed by atoms with van der Waals surface area (Å²) < 4.78 is 37.1. The molecule has 2 saturated carbocycles. The van der Waals surface area contributed by atoms with Crippen molar-refractivity contribution < 1.29 is 13.2 Å². The second kappa shape index (κ2) is 6.28. The molecule has 0 aromatic rings. The number of hydrogen-bond acceptors (Lipinski definition) is 3. The first-order valence-electron chi connectivity index (χ1n) is 8.17. The Hall–Kier alpha value is 0.0600. The summed E-state index contributed by atoms with van der Waals surface area (Å²) in [6, 6.07) is 0.464. The van der Waals surface area contributed by atoms with Crippen LogP contribution in [-0.4, -0.2) is 47.4 Å². The van der Waals surface area contributed by atoms with Gasteiger partial charge in [0.05, 0.1) is 0 Å². The van der Waals surface area contributed by atoms with Crippen molar-refractivity contribution in [3.63, 3.8) is 0 Å². The Kier molecular flexibility index (Phi) is 4.77. The molecule has 3 rings (SSSR count). The van der Waals surface area contributed by atoms with E-state index in [4.69, 9.17) is 0 Å². The third kappa shape index (κ3) is 4.29. The van der Waals surface area contributed by atoms with Gasteiger partial charge in [0.15, 0.2) is 0 Å².